The number of aromatic nitrogens is 5. The van der Waals surface area contributed by atoms with Gasteiger partial charge in [0.2, 0.25) is 5.91 Å². The van der Waals surface area contributed by atoms with Gasteiger partial charge in [-0.05, 0) is 37.6 Å². The van der Waals surface area contributed by atoms with Gasteiger partial charge in [-0.3, -0.25) is 4.79 Å². The largest absolute Gasteiger partial charge is 0.360 e. The molecule has 3 aromatic heterocycles. The van der Waals surface area contributed by atoms with Gasteiger partial charge in [0.25, 0.3) is 0 Å². The maximum absolute atomic E-state index is 13.2. The number of anilines is 1. The Morgan fingerprint density at radius 1 is 1.31 bits per heavy atom. The van der Waals surface area contributed by atoms with Crippen molar-refractivity contribution in [2.45, 2.75) is 30.5 Å². The molecule has 1 amide bonds. The lowest BCUT2D eigenvalue weighted by molar-refractivity contribution is -0.115. The summed E-state index contributed by atoms with van der Waals surface area (Å²) >= 11 is 1.33. The van der Waals surface area contributed by atoms with Crippen molar-refractivity contribution in [1.82, 2.24) is 24.9 Å². The first kappa shape index (κ1) is 19.1. The third kappa shape index (κ3) is 3.97. The number of nitrogens with zero attached hydrogens (tertiary/aromatic N) is 5. The van der Waals surface area contributed by atoms with Crippen LogP contribution in [0, 0.1) is 12.7 Å². The fraction of sp³-hybridized carbons (Fsp3) is 0.211. The molecule has 0 bridgehead atoms. The second kappa shape index (κ2) is 8.00. The molecule has 1 atom stereocenters. The second-order valence-corrected chi connectivity index (χ2v) is 7.47. The van der Waals surface area contributed by atoms with Crippen LogP contribution in [0.15, 0.2) is 52.4 Å². The van der Waals surface area contributed by atoms with E-state index < -0.39 is 0 Å². The van der Waals surface area contributed by atoms with E-state index in [4.69, 9.17) is 4.52 Å². The topological polar surface area (TPSA) is 98.7 Å². The highest BCUT2D eigenvalue weighted by Crippen LogP contribution is 2.30. The minimum Gasteiger partial charge on any atom is -0.360 e. The molecule has 148 valence electrons. The van der Waals surface area contributed by atoms with E-state index in [-0.39, 0.29) is 17.0 Å². The summed E-state index contributed by atoms with van der Waals surface area (Å²) in [7, 11) is 0. The van der Waals surface area contributed by atoms with Gasteiger partial charge in [-0.1, -0.05) is 23.8 Å². The maximum Gasteiger partial charge on any atom is 0.239 e. The number of nitrogens with one attached hydrogen (secondary N) is 1. The van der Waals surface area contributed by atoms with Crippen molar-refractivity contribution in [3.63, 3.8) is 0 Å². The van der Waals surface area contributed by atoms with E-state index in [9.17, 15) is 9.18 Å². The van der Waals surface area contributed by atoms with Crippen molar-refractivity contribution in [3.05, 3.63) is 54.4 Å². The molecule has 0 saturated carbocycles. The van der Waals surface area contributed by atoms with Crippen molar-refractivity contribution in [2.24, 2.45) is 0 Å². The number of rotatable bonds is 6. The monoisotopic (exact) mass is 412 g/mol. The fourth-order valence-corrected chi connectivity index (χ4v) is 3.76. The van der Waals surface area contributed by atoms with Gasteiger partial charge in [-0.25, -0.2) is 19.0 Å². The van der Waals surface area contributed by atoms with Crippen molar-refractivity contribution >= 4 is 34.5 Å². The van der Waals surface area contributed by atoms with E-state index in [0.29, 0.717) is 39.7 Å². The Labute approximate surface area is 169 Å². The summed E-state index contributed by atoms with van der Waals surface area (Å²) in [6.07, 6.45) is 3.66. The van der Waals surface area contributed by atoms with E-state index in [2.05, 4.69) is 25.5 Å². The highest BCUT2D eigenvalue weighted by molar-refractivity contribution is 8.00. The van der Waals surface area contributed by atoms with Crippen molar-refractivity contribution < 1.29 is 13.7 Å². The number of hydrogen-bond donors (Lipinski definition) is 1. The number of aryl methyl sites for hydroxylation is 1. The van der Waals surface area contributed by atoms with Gasteiger partial charge in [-0.2, -0.15) is 5.10 Å². The lowest BCUT2D eigenvalue weighted by Gasteiger charge is -2.13. The first-order valence-corrected chi connectivity index (χ1v) is 9.78. The zero-order valence-electron chi connectivity index (χ0n) is 15.7. The summed E-state index contributed by atoms with van der Waals surface area (Å²) in [5, 5.41) is 11.9. The summed E-state index contributed by atoms with van der Waals surface area (Å²) in [5.74, 6) is 0.480. The van der Waals surface area contributed by atoms with Gasteiger partial charge in [-0.15, -0.1) is 0 Å². The van der Waals surface area contributed by atoms with Gasteiger partial charge in [0, 0.05) is 6.07 Å². The summed E-state index contributed by atoms with van der Waals surface area (Å²) < 4.78 is 19.8. The predicted octanol–water partition coefficient (Wildman–Crippen LogP) is 3.76. The van der Waals surface area contributed by atoms with Crippen molar-refractivity contribution in [3.8, 4) is 5.69 Å². The molecule has 0 aliphatic heterocycles. The van der Waals surface area contributed by atoms with E-state index in [1.807, 2.05) is 6.92 Å². The van der Waals surface area contributed by atoms with E-state index in [0.717, 1.165) is 0 Å². The van der Waals surface area contributed by atoms with E-state index in [1.165, 1.54) is 30.2 Å². The number of amides is 1. The molecular weight excluding hydrogens is 395 g/mol. The molecule has 1 unspecified atom stereocenters. The molecule has 1 aromatic carbocycles. The third-order valence-electron chi connectivity index (χ3n) is 4.20. The van der Waals surface area contributed by atoms with Crippen LogP contribution in [0.25, 0.3) is 16.7 Å². The SMILES string of the molecule is CCC(Sc1ncnc2c1cnn2-c1ccc(F)cc1)C(=O)Nc1cc(C)on1. The summed E-state index contributed by atoms with van der Waals surface area (Å²) in [4.78, 5) is 21.3. The second-order valence-electron chi connectivity index (χ2n) is 6.28. The number of fused-ring (bicyclic) bond motifs is 1. The first-order chi connectivity index (χ1) is 14.0. The molecule has 0 aliphatic rings. The molecule has 0 radical (unpaired) electrons. The number of carbonyl (C=O) groups excluding carboxylic acids is 1. The van der Waals surface area contributed by atoms with E-state index in [1.54, 1.807) is 36.0 Å². The van der Waals surface area contributed by atoms with Crippen LogP contribution in [0.5, 0.6) is 0 Å². The van der Waals surface area contributed by atoms with Crippen LogP contribution in [0.2, 0.25) is 0 Å². The Hall–Kier alpha value is -3.27. The van der Waals surface area contributed by atoms with Crippen LogP contribution < -0.4 is 5.32 Å². The Bertz CT molecular complexity index is 1160. The van der Waals surface area contributed by atoms with Gasteiger partial charge < -0.3 is 9.84 Å². The van der Waals surface area contributed by atoms with Gasteiger partial charge in [0.15, 0.2) is 11.5 Å². The maximum atomic E-state index is 13.2. The Morgan fingerprint density at radius 2 is 2.10 bits per heavy atom. The number of carbonyl (C=O) groups is 1. The summed E-state index contributed by atoms with van der Waals surface area (Å²) in [6, 6.07) is 7.63. The van der Waals surface area contributed by atoms with E-state index >= 15 is 0 Å². The van der Waals surface area contributed by atoms with Gasteiger partial charge >= 0.3 is 0 Å². The molecule has 10 heteroatoms. The number of hydrogen-bond acceptors (Lipinski definition) is 7. The summed E-state index contributed by atoms with van der Waals surface area (Å²) in [5.41, 5.74) is 1.26. The normalized spacial score (nSPS) is 12.2. The Morgan fingerprint density at radius 3 is 2.79 bits per heavy atom. The number of benzene rings is 1. The molecule has 0 fully saturated rings. The standard InChI is InChI=1S/C19H17FN6O2S/c1-3-15(18(27)24-16-8-11(2)28-25-16)29-19-14-9-23-26(17(14)21-10-22-19)13-6-4-12(20)5-7-13/h4-10,15H,3H2,1-2H3,(H,24,25,27). The molecule has 29 heavy (non-hydrogen) atoms. The molecular formula is C19H17FN6O2S. The smallest absolute Gasteiger partial charge is 0.239 e. The molecule has 4 rings (SSSR count). The molecule has 0 saturated heterocycles. The predicted molar refractivity (Wildman–Crippen MR) is 106 cm³/mol. The lowest BCUT2D eigenvalue weighted by Crippen LogP contribution is -2.24. The van der Waals surface area contributed by atoms with Crippen LogP contribution in [-0.4, -0.2) is 36.1 Å². The van der Waals surface area contributed by atoms with Crippen LogP contribution in [0.1, 0.15) is 19.1 Å². The Balaban J connectivity index is 1.60. The average Bonchev–Trinajstić information content (AvgIpc) is 3.33. The van der Waals surface area contributed by atoms with Gasteiger partial charge in [0.05, 0.1) is 22.5 Å². The minimum absolute atomic E-state index is 0.191. The van der Waals surface area contributed by atoms with Crippen molar-refractivity contribution in [2.75, 3.05) is 5.32 Å². The Kier molecular flexibility index (Phi) is 5.26. The highest BCUT2D eigenvalue weighted by Gasteiger charge is 2.22. The zero-order valence-corrected chi connectivity index (χ0v) is 16.5. The van der Waals surface area contributed by atoms with Crippen molar-refractivity contribution in [1.29, 1.82) is 0 Å². The minimum atomic E-state index is -0.390. The molecule has 4 aromatic rings. The van der Waals surface area contributed by atoms with Crippen LogP contribution in [0.4, 0.5) is 10.2 Å². The number of halogens is 1. The number of thioether (sulfide) groups is 1. The molecule has 8 nitrogen and oxygen atoms in total. The highest BCUT2D eigenvalue weighted by atomic mass is 32.2. The molecule has 0 spiro atoms. The average molecular weight is 412 g/mol. The molecule has 0 aliphatic carbocycles. The first-order valence-electron chi connectivity index (χ1n) is 8.90. The quantitative estimate of drug-likeness (QED) is 0.380. The van der Waals surface area contributed by atoms with Crippen LogP contribution >= 0.6 is 11.8 Å². The molecule has 1 N–H and O–H groups in total. The zero-order chi connectivity index (χ0) is 20.4. The fourth-order valence-electron chi connectivity index (χ4n) is 2.78. The lowest BCUT2D eigenvalue weighted by atomic mass is 10.3. The molecule has 3 heterocycles. The van der Waals surface area contributed by atoms with Gasteiger partial charge in [0.1, 0.15) is 22.9 Å². The summed E-state index contributed by atoms with van der Waals surface area (Å²) in [6.45, 7) is 3.68. The van der Waals surface area contributed by atoms with Crippen LogP contribution in [-0.2, 0) is 4.79 Å². The van der Waals surface area contributed by atoms with Crippen LogP contribution in [0.3, 0.4) is 0 Å². The third-order valence-corrected chi connectivity index (χ3v) is 5.58.